The van der Waals surface area contributed by atoms with Gasteiger partial charge in [-0.15, -0.1) is 0 Å². The minimum absolute atomic E-state index is 0.162. The molecule has 0 radical (unpaired) electrons. The summed E-state index contributed by atoms with van der Waals surface area (Å²) in [5.74, 6) is 0.244. The summed E-state index contributed by atoms with van der Waals surface area (Å²) in [5.41, 5.74) is 3.92. The third kappa shape index (κ3) is 6.76. The summed E-state index contributed by atoms with van der Waals surface area (Å²) in [6, 6.07) is 29.1. The number of amides is 1. The van der Waals surface area contributed by atoms with E-state index in [9.17, 15) is 14.3 Å². The number of hydrogen-bond acceptors (Lipinski definition) is 4. The lowest BCUT2D eigenvalue weighted by atomic mass is 10.0. The maximum atomic E-state index is 14.3. The molecule has 4 aromatic carbocycles. The molecule has 0 bridgehead atoms. The van der Waals surface area contributed by atoms with E-state index in [1.807, 2.05) is 48.5 Å². The van der Waals surface area contributed by atoms with Crippen LogP contribution in [0.2, 0.25) is 0 Å². The molecule has 0 aliphatic carbocycles. The predicted octanol–water partition coefficient (Wildman–Crippen LogP) is 6.26. The number of hydrogen-bond donors (Lipinski definition) is 2. The fraction of sp³-hybridized carbons (Fsp3) is 0.206. The third-order valence-corrected chi connectivity index (χ3v) is 7.06. The van der Waals surface area contributed by atoms with Crippen molar-refractivity contribution in [2.45, 2.75) is 25.4 Å². The highest BCUT2D eigenvalue weighted by atomic mass is 19.1. The van der Waals surface area contributed by atoms with Crippen LogP contribution in [-0.2, 0) is 13.0 Å². The molecule has 0 saturated carbocycles. The number of aliphatic hydroxyl groups excluding tert-OH is 1. The van der Waals surface area contributed by atoms with Gasteiger partial charge >= 0.3 is 0 Å². The Morgan fingerprint density at radius 2 is 1.73 bits per heavy atom. The fourth-order valence-electron chi connectivity index (χ4n) is 4.99. The lowest BCUT2D eigenvalue weighted by molar-refractivity contribution is 0.0916. The average Bonchev–Trinajstić information content (AvgIpc) is 3.36. The van der Waals surface area contributed by atoms with Gasteiger partial charge in [0.05, 0.1) is 26.4 Å². The van der Waals surface area contributed by atoms with Crippen LogP contribution < -0.4 is 14.8 Å². The van der Waals surface area contributed by atoms with E-state index in [0.717, 1.165) is 35.2 Å². The molecule has 6 nitrogen and oxygen atoms in total. The molecule has 5 aromatic rings. The molecule has 1 aromatic heterocycles. The number of nitrogens with one attached hydrogen (secondary N) is 1. The largest absolute Gasteiger partial charge is 0.494 e. The molecule has 0 saturated heterocycles. The van der Waals surface area contributed by atoms with Crippen LogP contribution in [-0.4, -0.2) is 41.9 Å². The molecule has 5 rings (SSSR count). The highest BCUT2D eigenvalue weighted by Gasteiger charge is 2.18. The van der Waals surface area contributed by atoms with Gasteiger partial charge in [0, 0.05) is 29.2 Å². The molecular formula is C34H33FN2O4. The van der Waals surface area contributed by atoms with E-state index in [0.29, 0.717) is 29.7 Å². The number of benzene rings is 4. The number of aryl methyl sites for hydroxylation is 1. The average molecular weight is 553 g/mol. The highest BCUT2D eigenvalue weighted by Crippen LogP contribution is 2.27. The number of fused-ring (bicyclic) bond motifs is 1. The SMILES string of the molecule is COc1ccc(-c2cccc(C(=O)N[C@@H](CO)Cc3cn(CCCOc4ccccc4)c4ccccc34)c2)cc1F. The summed E-state index contributed by atoms with van der Waals surface area (Å²) >= 11 is 0. The van der Waals surface area contributed by atoms with E-state index in [2.05, 4.69) is 28.2 Å². The van der Waals surface area contributed by atoms with E-state index in [1.165, 1.54) is 13.2 Å². The number of aliphatic hydroxyl groups is 1. The molecule has 2 N–H and O–H groups in total. The third-order valence-electron chi connectivity index (χ3n) is 7.06. The van der Waals surface area contributed by atoms with E-state index in [-0.39, 0.29) is 18.3 Å². The number of methoxy groups -OCH3 is 1. The van der Waals surface area contributed by atoms with Gasteiger partial charge in [0.2, 0.25) is 0 Å². The quantitative estimate of drug-likeness (QED) is 0.179. The maximum absolute atomic E-state index is 14.3. The smallest absolute Gasteiger partial charge is 0.251 e. The normalized spacial score (nSPS) is 11.8. The Bertz CT molecular complexity index is 1620. The molecule has 0 fully saturated rings. The van der Waals surface area contributed by atoms with Crippen molar-refractivity contribution >= 4 is 16.8 Å². The van der Waals surface area contributed by atoms with Gasteiger partial charge in [-0.25, -0.2) is 4.39 Å². The molecule has 0 aliphatic rings. The van der Waals surface area contributed by atoms with Crippen molar-refractivity contribution in [3.63, 3.8) is 0 Å². The van der Waals surface area contributed by atoms with Crippen molar-refractivity contribution in [1.29, 1.82) is 0 Å². The topological polar surface area (TPSA) is 72.7 Å². The molecule has 0 unspecified atom stereocenters. The first-order chi connectivity index (χ1) is 20.1. The molecule has 0 aliphatic heterocycles. The van der Waals surface area contributed by atoms with Gasteiger partial charge < -0.3 is 24.5 Å². The van der Waals surface area contributed by atoms with Crippen LogP contribution in [0.3, 0.4) is 0 Å². The molecule has 7 heteroatoms. The molecule has 41 heavy (non-hydrogen) atoms. The Balaban J connectivity index is 1.26. The van der Waals surface area contributed by atoms with E-state index >= 15 is 0 Å². The second-order valence-corrected chi connectivity index (χ2v) is 9.87. The van der Waals surface area contributed by atoms with Crippen molar-refractivity contribution in [1.82, 2.24) is 9.88 Å². The van der Waals surface area contributed by atoms with Gasteiger partial charge in [0.1, 0.15) is 5.75 Å². The Labute approximate surface area is 239 Å². The summed E-state index contributed by atoms with van der Waals surface area (Å²) in [6.45, 7) is 1.17. The standard InChI is InChI=1S/C34H33FN2O4/c1-40-33-16-15-25(21-31(33)35)24-9-7-10-26(19-24)34(39)36-28(23-38)20-27-22-37(32-14-6-5-13-30(27)32)17-8-18-41-29-11-3-2-4-12-29/h2-7,9-16,19,21-22,28,38H,8,17-18,20,23H2,1H3,(H,36,39)/t28-/m1/s1. The zero-order valence-corrected chi connectivity index (χ0v) is 22.9. The summed E-state index contributed by atoms with van der Waals surface area (Å²) in [7, 11) is 1.42. The number of para-hydroxylation sites is 2. The van der Waals surface area contributed by atoms with Gasteiger partial charge in [-0.3, -0.25) is 4.79 Å². The minimum atomic E-state index is -0.481. The molecule has 1 atom stereocenters. The van der Waals surface area contributed by atoms with Crippen molar-refractivity contribution in [2.75, 3.05) is 20.3 Å². The number of carbonyl (C=O) groups excluding carboxylic acids is 1. The molecular weight excluding hydrogens is 519 g/mol. The van der Waals surface area contributed by atoms with E-state index in [1.54, 1.807) is 30.3 Å². The zero-order chi connectivity index (χ0) is 28.6. The summed E-state index contributed by atoms with van der Waals surface area (Å²) in [5, 5.41) is 14.2. The van der Waals surface area contributed by atoms with Gasteiger partial charge in [-0.05, 0) is 72.0 Å². The minimum Gasteiger partial charge on any atom is -0.494 e. The Morgan fingerprint density at radius 3 is 2.51 bits per heavy atom. The Hall–Kier alpha value is -4.62. The number of carbonyl (C=O) groups is 1. The number of rotatable bonds is 12. The monoisotopic (exact) mass is 552 g/mol. The second kappa shape index (κ2) is 13.2. The Morgan fingerprint density at radius 1 is 0.951 bits per heavy atom. The molecule has 0 spiro atoms. The number of halogens is 1. The van der Waals surface area contributed by atoms with Crippen LogP contribution in [0, 0.1) is 5.82 Å². The van der Waals surface area contributed by atoms with Gasteiger partial charge in [-0.2, -0.15) is 0 Å². The fourth-order valence-corrected chi connectivity index (χ4v) is 4.99. The number of aromatic nitrogens is 1. The van der Waals surface area contributed by atoms with Crippen LogP contribution in [0.1, 0.15) is 22.3 Å². The zero-order valence-electron chi connectivity index (χ0n) is 22.9. The Kier molecular flexibility index (Phi) is 8.96. The first-order valence-electron chi connectivity index (χ1n) is 13.7. The lowest BCUT2D eigenvalue weighted by Crippen LogP contribution is -2.39. The van der Waals surface area contributed by atoms with E-state index < -0.39 is 11.9 Å². The summed E-state index contributed by atoms with van der Waals surface area (Å²) in [4.78, 5) is 13.2. The van der Waals surface area contributed by atoms with Gasteiger partial charge in [0.25, 0.3) is 5.91 Å². The van der Waals surface area contributed by atoms with Crippen LogP contribution in [0.15, 0.2) is 103 Å². The van der Waals surface area contributed by atoms with Crippen LogP contribution in [0.5, 0.6) is 11.5 Å². The van der Waals surface area contributed by atoms with Crippen molar-refractivity contribution < 1.29 is 23.8 Å². The maximum Gasteiger partial charge on any atom is 0.251 e. The van der Waals surface area contributed by atoms with Crippen LogP contribution >= 0.6 is 0 Å². The van der Waals surface area contributed by atoms with Gasteiger partial charge in [0.15, 0.2) is 11.6 Å². The van der Waals surface area contributed by atoms with Crippen LogP contribution in [0.4, 0.5) is 4.39 Å². The van der Waals surface area contributed by atoms with Gasteiger partial charge in [-0.1, -0.05) is 54.6 Å². The predicted molar refractivity (Wildman–Crippen MR) is 159 cm³/mol. The van der Waals surface area contributed by atoms with Crippen LogP contribution in [0.25, 0.3) is 22.0 Å². The summed E-state index contributed by atoms with van der Waals surface area (Å²) < 4.78 is 27.3. The lowest BCUT2D eigenvalue weighted by Gasteiger charge is -2.16. The van der Waals surface area contributed by atoms with Crippen molar-refractivity contribution in [3.05, 3.63) is 120 Å². The molecule has 210 valence electrons. The first-order valence-corrected chi connectivity index (χ1v) is 13.7. The number of ether oxygens (including phenoxy) is 2. The summed E-state index contributed by atoms with van der Waals surface area (Å²) in [6.07, 6.45) is 3.40. The van der Waals surface area contributed by atoms with Crippen molar-refractivity contribution in [3.8, 4) is 22.6 Å². The molecule has 1 heterocycles. The van der Waals surface area contributed by atoms with E-state index in [4.69, 9.17) is 9.47 Å². The highest BCUT2D eigenvalue weighted by molar-refractivity contribution is 5.95. The second-order valence-electron chi connectivity index (χ2n) is 9.87. The molecule has 1 amide bonds. The number of nitrogens with zero attached hydrogens (tertiary/aromatic N) is 1. The van der Waals surface area contributed by atoms with Crippen molar-refractivity contribution in [2.24, 2.45) is 0 Å². The first kappa shape index (κ1) is 27.9.